The zero-order chi connectivity index (χ0) is 28.2. The van der Waals surface area contributed by atoms with Crippen molar-refractivity contribution in [1.29, 1.82) is 0 Å². The van der Waals surface area contributed by atoms with E-state index in [1.807, 2.05) is 0 Å². The van der Waals surface area contributed by atoms with Crippen molar-refractivity contribution in [2.24, 2.45) is 0 Å². The summed E-state index contributed by atoms with van der Waals surface area (Å²) in [5.74, 6) is -5.66. The fourth-order valence-corrected chi connectivity index (χ4v) is 59.6. The number of halogens is 2. The van der Waals surface area contributed by atoms with Crippen LogP contribution >= 0.6 is 40.3 Å². The molecule has 0 spiro atoms. The van der Waals surface area contributed by atoms with Crippen LogP contribution in [-0.2, 0) is 8.16 Å². The fourth-order valence-electron chi connectivity index (χ4n) is 5.87. The molecule has 0 aliphatic heterocycles. The molecule has 6 aromatic rings. The molecule has 0 heterocycles. The van der Waals surface area contributed by atoms with Crippen molar-refractivity contribution in [3.05, 3.63) is 182 Å². The number of hydrogen-bond donors (Lipinski definition) is 0. The molecule has 0 aliphatic rings. The Morgan fingerprint density at radius 2 is 0.415 bits per heavy atom. The second kappa shape index (κ2) is 12.5. The summed E-state index contributed by atoms with van der Waals surface area (Å²) in [6.45, 7) is 0. The van der Waals surface area contributed by atoms with Crippen LogP contribution in [0.25, 0.3) is 0 Å². The van der Waals surface area contributed by atoms with Gasteiger partial charge < -0.3 is 0 Å². The van der Waals surface area contributed by atoms with Crippen LogP contribution in [-0.4, -0.2) is 0 Å². The summed E-state index contributed by atoms with van der Waals surface area (Å²) < 4.78 is 0. The zero-order valence-corrected chi connectivity index (χ0v) is 28.6. The third-order valence-corrected chi connectivity index (χ3v) is 52.6. The summed E-state index contributed by atoms with van der Waals surface area (Å²) >= 11 is 9.60. The van der Waals surface area contributed by atoms with E-state index >= 15 is 0 Å². The minimum absolute atomic E-state index is 1.40. The molecule has 0 atom stereocenters. The van der Waals surface area contributed by atoms with Crippen LogP contribution in [0.4, 0.5) is 0 Å². The topological polar surface area (TPSA) is 0 Å². The number of benzene rings is 6. The molecule has 5 heteroatoms. The minimum atomic E-state index is -2.83. The first-order chi connectivity index (χ1) is 20.1. The monoisotopic (exact) mass is 743 g/mol. The van der Waals surface area contributed by atoms with E-state index < -0.39 is 20.2 Å². The van der Waals surface area contributed by atoms with E-state index in [0.29, 0.717) is 0 Å². The molecule has 0 saturated carbocycles. The molecule has 0 N–H and O–H groups in total. The van der Waals surface area contributed by atoms with E-state index in [9.17, 15) is 0 Å². The van der Waals surface area contributed by atoms with Crippen molar-refractivity contribution < 1.29 is 8.16 Å². The summed E-state index contributed by atoms with van der Waals surface area (Å²) in [5.41, 5.74) is 0. The molecule has 6 rings (SSSR count). The molecular weight excluding hydrogens is 713 g/mol. The van der Waals surface area contributed by atoms with Crippen LogP contribution in [0.15, 0.2) is 182 Å². The Labute approximate surface area is 260 Å². The van der Waals surface area contributed by atoms with Gasteiger partial charge in [-0.25, -0.2) is 0 Å². The van der Waals surface area contributed by atoms with E-state index in [1.54, 1.807) is 0 Å². The first-order valence-corrected chi connectivity index (χ1v) is 25.5. The Morgan fingerprint density at radius 3 is 0.561 bits per heavy atom. The van der Waals surface area contributed by atoms with Gasteiger partial charge in [-0.15, -0.1) is 0 Å². The Hall–Kier alpha value is -2.35. The average Bonchev–Trinajstić information content (AvgIpc) is 3.05. The van der Waals surface area contributed by atoms with Crippen LogP contribution in [0.1, 0.15) is 0 Å². The molecule has 0 aliphatic carbocycles. The first kappa shape index (κ1) is 28.8. The van der Waals surface area contributed by atoms with Crippen LogP contribution in [0, 0.1) is 0 Å². The van der Waals surface area contributed by atoms with Gasteiger partial charge in [0.25, 0.3) is 0 Å². The molecule has 0 unspecified atom stereocenters. The van der Waals surface area contributed by atoms with E-state index in [4.69, 9.17) is 28.3 Å². The number of hydrogen-bond acceptors (Lipinski definition) is 0. The van der Waals surface area contributed by atoms with E-state index in [1.165, 1.54) is 31.8 Å². The Balaban J connectivity index is 1.86. The molecule has 0 amide bonds. The molecule has 0 bridgehead atoms. The normalized spacial score (nSPS) is 13.3. The summed E-state index contributed by atoms with van der Waals surface area (Å²) in [6.07, 6.45) is 0. The van der Waals surface area contributed by atoms with Gasteiger partial charge in [-0.3, -0.25) is 0 Å². The van der Waals surface area contributed by atoms with Gasteiger partial charge in [0.2, 0.25) is 0 Å². The van der Waals surface area contributed by atoms with Crippen molar-refractivity contribution in [3.8, 4) is 0 Å². The van der Waals surface area contributed by atoms with Crippen molar-refractivity contribution >= 4 is 72.2 Å². The van der Waals surface area contributed by atoms with Gasteiger partial charge in [0, 0.05) is 0 Å². The van der Waals surface area contributed by atoms with Crippen LogP contribution in [0.5, 0.6) is 0 Å². The molecular formula is C36H32Br2CoP2. The molecule has 209 valence electrons. The quantitative estimate of drug-likeness (QED) is 0.139. The average molecular weight is 745 g/mol. The zero-order valence-electron chi connectivity index (χ0n) is 22.4. The molecule has 0 nitrogen and oxygen atoms in total. The summed E-state index contributed by atoms with van der Waals surface area (Å²) in [4.78, 5) is 0. The van der Waals surface area contributed by atoms with Gasteiger partial charge in [-0.1, -0.05) is 0 Å². The number of rotatable bonds is 8. The Bertz CT molecular complexity index is 1360. The van der Waals surface area contributed by atoms with Crippen LogP contribution in [0.2, 0.25) is 0 Å². The third-order valence-electron chi connectivity index (χ3n) is 7.58. The standard InChI is InChI=1S/2C18H15P.2BrH.Co/c2*1-4-10-16(11-5-1)19(17-12-6-2-7-13-17)18-14-8-3-9-15-18;;;/h2*1-15H;2*1H;. The van der Waals surface area contributed by atoms with Gasteiger partial charge in [-0.05, 0) is 0 Å². The predicted molar refractivity (Wildman–Crippen MR) is 191 cm³/mol. The Kier molecular flexibility index (Phi) is 8.75. The van der Waals surface area contributed by atoms with Gasteiger partial charge in [0.1, 0.15) is 0 Å². The summed E-state index contributed by atoms with van der Waals surface area (Å²) in [5, 5.41) is 8.41. The molecule has 0 saturated heterocycles. The van der Waals surface area contributed by atoms with Gasteiger partial charge in [0.15, 0.2) is 0 Å². The molecule has 0 fully saturated rings. The second-order valence-corrected chi connectivity index (χ2v) is 44.7. The van der Waals surface area contributed by atoms with E-state index in [-0.39, 0.29) is 0 Å². The van der Waals surface area contributed by atoms with Crippen molar-refractivity contribution in [2.75, 3.05) is 0 Å². The maximum atomic E-state index is 4.80. The van der Waals surface area contributed by atoms with E-state index in [2.05, 4.69) is 182 Å². The molecule has 0 radical (unpaired) electrons. The van der Waals surface area contributed by atoms with Gasteiger partial charge in [-0.2, -0.15) is 0 Å². The first-order valence-electron chi connectivity index (χ1n) is 13.5. The Morgan fingerprint density at radius 1 is 0.268 bits per heavy atom. The van der Waals surface area contributed by atoms with Crippen molar-refractivity contribution in [3.63, 3.8) is 0 Å². The van der Waals surface area contributed by atoms with Crippen molar-refractivity contribution in [1.82, 2.24) is 0 Å². The van der Waals surface area contributed by atoms with Crippen molar-refractivity contribution in [2.45, 2.75) is 0 Å². The van der Waals surface area contributed by atoms with E-state index in [0.717, 1.165) is 0 Å². The fraction of sp³-hybridized carbons (Fsp3) is 0. The molecule has 6 aromatic carbocycles. The van der Waals surface area contributed by atoms with Crippen LogP contribution in [0.3, 0.4) is 0 Å². The summed E-state index contributed by atoms with van der Waals surface area (Å²) in [6, 6.07) is 67.7. The second-order valence-electron chi connectivity index (χ2n) is 9.83. The molecule has 41 heavy (non-hydrogen) atoms. The van der Waals surface area contributed by atoms with Gasteiger partial charge in [0.05, 0.1) is 0 Å². The SMILES string of the molecule is [Br][Co]([Br])([PH](c1ccccc1)(c1ccccc1)c1ccccc1)[PH](c1ccccc1)(c1ccccc1)c1ccccc1. The van der Waals surface area contributed by atoms with Crippen LogP contribution < -0.4 is 31.8 Å². The summed E-state index contributed by atoms with van der Waals surface area (Å²) in [7, 11) is -2.33. The van der Waals surface area contributed by atoms with Gasteiger partial charge >= 0.3 is 262 Å². The maximum absolute atomic E-state index is 4.80. The molecule has 0 aromatic heterocycles. The predicted octanol–water partition coefficient (Wildman–Crippen LogP) is 8.04. The third kappa shape index (κ3) is 4.82.